The molecule has 1 atom stereocenters. The van der Waals surface area contributed by atoms with Crippen LogP contribution < -0.4 is 20.1 Å². The second-order valence-corrected chi connectivity index (χ2v) is 6.19. The Hall–Kier alpha value is -3.29. The highest BCUT2D eigenvalue weighted by atomic mass is 16.5. The molecule has 2 aromatic rings. The van der Waals surface area contributed by atoms with Crippen LogP contribution in [0.4, 0.5) is 10.5 Å². The van der Waals surface area contributed by atoms with Gasteiger partial charge in [0.25, 0.3) is 0 Å². The number of rotatable bonds is 4. The summed E-state index contributed by atoms with van der Waals surface area (Å²) in [6.45, 7) is 2.72. The average Bonchev–Trinajstić information content (AvgIpc) is 2.84. The Labute approximate surface area is 157 Å². The predicted octanol–water partition coefficient (Wildman–Crippen LogP) is 2.62. The summed E-state index contributed by atoms with van der Waals surface area (Å²) in [5, 5.41) is 5.59. The van der Waals surface area contributed by atoms with Crippen LogP contribution in [-0.4, -0.2) is 48.1 Å². The molecule has 1 aliphatic heterocycles. The number of methoxy groups -OCH3 is 1. The summed E-state index contributed by atoms with van der Waals surface area (Å²) in [5.41, 5.74) is 0.550. The molecule has 0 bridgehead atoms. The molecule has 1 saturated heterocycles. The van der Waals surface area contributed by atoms with Crippen LogP contribution in [0.1, 0.15) is 13.3 Å². The summed E-state index contributed by atoms with van der Waals surface area (Å²) in [6.07, 6.45) is 1.82. The maximum Gasteiger partial charge on any atom is 0.322 e. The third-order valence-electron chi connectivity index (χ3n) is 4.22. The number of anilines is 1. The number of carbonyl (C=O) groups excluding carboxylic acids is 2. The zero-order chi connectivity index (χ0) is 19.2. The number of urea groups is 1. The van der Waals surface area contributed by atoms with Crippen molar-refractivity contribution in [3.63, 3.8) is 0 Å². The van der Waals surface area contributed by atoms with E-state index in [2.05, 4.69) is 15.6 Å². The van der Waals surface area contributed by atoms with Gasteiger partial charge in [0.1, 0.15) is 11.5 Å². The molecule has 2 heterocycles. The highest BCUT2D eigenvalue weighted by Crippen LogP contribution is 2.24. The molecule has 0 saturated carbocycles. The molecule has 142 valence electrons. The van der Waals surface area contributed by atoms with E-state index in [9.17, 15) is 9.59 Å². The van der Waals surface area contributed by atoms with Gasteiger partial charge in [0, 0.05) is 37.7 Å². The van der Waals surface area contributed by atoms with Gasteiger partial charge < -0.3 is 25.0 Å². The van der Waals surface area contributed by atoms with Crippen LogP contribution in [0.25, 0.3) is 0 Å². The highest BCUT2D eigenvalue weighted by molar-refractivity contribution is 5.90. The molecule has 8 heteroatoms. The lowest BCUT2D eigenvalue weighted by molar-refractivity contribution is -0.120. The van der Waals surface area contributed by atoms with Gasteiger partial charge >= 0.3 is 6.03 Å². The van der Waals surface area contributed by atoms with E-state index in [-0.39, 0.29) is 18.0 Å². The van der Waals surface area contributed by atoms with Crippen LogP contribution >= 0.6 is 0 Å². The fourth-order valence-corrected chi connectivity index (χ4v) is 2.70. The molecule has 1 unspecified atom stereocenters. The Morgan fingerprint density at radius 2 is 2.11 bits per heavy atom. The summed E-state index contributed by atoms with van der Waals surface area (Å²) < 4.78 is 10.8. The number of hydrogen-bond donors (Lipinski definition) is 2. The second-order valence-electron chi connectivity index (χ2n) is 6.19. The van der Waals surface area contributed by atoms with E-state index in [1.807, 2.05) is 19.1 Å². The fraction of sp³-hybridized carbons (Fsp3) is 0.316. The standard InChI is InChI=1S/C19H22N4O4/c1-13-11-20-17(24)8-9-23(13)19(25)22-14-6-7-18(21-12-14)27-16-5-3-4-15(10-16)26-2/h3-7,10,12-13H,8-9,11H2,1-2H3,(H,20,24)(H,22,25). The van der Waals surface area contributed by atoms with Crippen molar-refractivity contribution in [1.82, 2.24) is 15.2 Å². The number of nitrogens with zero attached hydrogens (tertiary/aromatic N) is 2. The third kappa shape index (κ3) is 4.87. The van der Waals surface area contributed by atoms with Crippen LogP contribution in [0.3, 0.4) is 0 Å². The molecule has 1 fully saturated rings. The van der Waals surface area contributed by atoms with Gasteiger partial charge in [-0.2, -0.15) is 0 Å². The highest BCUT2D eigenvalue weighted by Gasteiger charge is 2.24. The lowest BCUT2D eigenvalue weighted by Crippen LogP contribution is -2.44. The van der Waals surface area contributed by atoms with E-state index in [1.54, 1.807) is 36.3 Å². The van der Waals surface area contributed by atoms with Gasteiger partial charge in [0.2, 0.25) is 11.8 Å². The minimum absolute atomic E-state index is 0.0436. The molecular weight excluding hydrogens is 348 g/mol. The Kier molecular flexibility index (Phi) is 5.75. The van der Waals surface area contributed by atoms with Crippen molar-refractivity contribution >= 4 is 17.6 Å². The van der Waals surface area contributed by atoms with E-state index in [0.717, 1.165) is 0 Å². The minimum Gasteiger partial charge on any atom is -0.497 e. The van der Waals surface area contributed by atoms with Crippen LogP contribution in [-0.2, 0) is 4.79 Å². The van der Waals surface area contributed by atoms with Gasteiger partial charge in [-0.1, -0.05) is 6.07 Å². The number of pyridine rings is 1. The Bertz CT molecular complexity index is 810. The molecule has 3 rings (SSSR count). The zero-order valence-corrected chi connectivity index (χ0v) is 15.3. The molecule has 0 spiro atoms. The Morgan fingerprint density at radius 3 is 2.85 bits per heavy atom. The molecule has 0 aliphatic carbocycles. The van der Waals surface area contributed by atoms with Gasteiger partial charge in [-0.05, 0) is 25.1 Å². The largest absolute Gasteiger partial charge is 0.497 e. The molecular formula is C19H22N4O4. The van der Waals surface area contributed by atoms with Gasteiger partial charge in [0.05, 0.1) is 19.0 Å². The molecule has 27 heavy (non-hydrogen) atoms. The van der Waals surface area contributed by atoms with Crippen molar-refractivity contribution < 1.29 is 19.1 Å². The topological polar surface area (TPSA) is 92.8 Å². The quantitative estimate of drug-likeness (QED) is 0.863. The number of ether oxygens (including phenoxy) is 2. The van der Waals surface area contributed by atoms with Gasteiger partial charge in [-0.25, -0.2) is 9.78 Å². The molecule has 8 nitrogen and oxygen atoms in total. The van der Waals surface area contributed by atoms with Crippen LogP contribution in [0, 0.1) is 0 Å². The first-order valence-corrected chi connectivity index (χ1v) is 8.67. The first-order valence-electron chi connectivity index (χ1n) is 8.67. The van der Waals surface area contributed by atoms with Gasteiger partial charge in [-0.3, -0.25) is 4.79 Å². The first-order chi connectivity index (χ1) is 13.0. The Morgan fingerprint density at radius 1 is 1.30 bits per heavy atom. The smallest absolute Gasteiger partial charge is 0.322 e. The fourth-order valence-electron chi connectivity index (χ4n) is 2.70. The number of amides is 3. The number of benzene rings is 1. The minimum atomic E-state index is -0.262. The molecule has 2 N–H and O–H groups in total. The molecule has 1 aromatic carbocycles. The van der Waals surface area contributed by atoms with E-state index in [0.29, 0.717) is 42.6 Å². The van der Waals surface area contributed by atoms with Crippen molar-refractivity contribution in [2.24, 2.45) is 0 Å². The van der Waals surface area contributed by atoms with E-state index < -0.39 is 0 Å². The molecule has 3 amide bonds. The number of aromatic nitrogens is 1. The van der Waals surface area contributed by atoms with Crippen molar-refractivity contribution in [3.05, 3.63) is 42.6 Å². The predicted molar refractivity (Wildman–Crippen MR) is 100 cm³/mol. The van der Waals surface area contributed by atoms with E-state index in [4.69, 9.17) is 9.47 Å². The summed E-state index contributed by atoms with van der Waals surface area (Å²) in [4.78, 5) is 29.8. The first kappa shape index (κ1) is 18.5. The van der Waals surface area contributed by atoms with Crippen LogP contribution in [0.5, 0.6) is 17.4 Å². The number of carbonyl (C=O) groups is 2. The van der Waals surface area contributed by atoms with E-state index >= 15 is 0 Å². The molecule has 1 aliphatic rings. The second kappa shape index (κ2) is 8.39. The van der Waals surface area contributed by atoms with E-state index in [1.165, 1.54) is 6.20 Å². The maximum atomic E-state index is 12.5. The van der Waals surface area contributed by atoms with Crippen LogP contribution in [0.15, 0.2) is 42.6 Å². The number of nitrogens with one attached hydrogen (secondary N) is 2. The maximum absolute atomic E-state index is 12.5. The lowest BCUT2D eigenvalue weighted by Gasteiger charge is -2.26. The van der Waals surface area contributed by atoms with Crippen molar-refractivity contribution in [1.29, 1.82) is 0 Å². The third-order valence-corrected chi connectivity index (χ3v) is 4.22. The summed E-state index contributed by atoms with van der Waals surface area (Å²) in [5.74, 6) is 1.65. The summed E-state index contributed by atoms with van der Waals surface area (Å²) >= 11 is 0. The monoisotopic (exact) mass is 370 g/mol. The van der Waals surface area contributed by atoms with Crippen molar-refractivity contribution in [2.45, 2.75) is 19.4 Å². The Balaban J connectivity index is 1.61. The zero-order valence-electron chi connectivity index (χ0n) is 15.3. The SMILES string of the molecule is COc1cccc(Oc2ccc(NC(=O)N3CCC(=O)NCC3C)cn2)c1. The number of hydrogen-bond acceptors (Lipinski definition) is 5. The van der Waals surface area contributed by atoms with Gasteiger partial charge in [0.15, 0.2) is 0 Å². The molecule has 1 aromatic heterocycles. The molecule has 0 radical (unpaired) electrons. The average molecular weight is 370 g/mol. The van der Waals surface area contributed by atoms with Gasteiger partial charge in [-0.15, -0.1) is 0 Å². The normalized spacial score (nSPS) is 16.9. The summed E-state index contributed by atoms with van der Waals surface area (Å²) in [7, 11) is 1.59. The van der Waals surface area contributed by atoms with Crippen LogP contribution in [0.2, 0.25) is 0 Å². The van der Waals surface area contributed by atoms with Crippen molar-refractivity contribution in [3.8, 4) is 17.4 Å². The lowest BCUT2D eigenvalue weighted by atomic mass is 10.3. The van der Waals surface area contributed by atoms with Crippen molar-refractivity contribution in [2.75, 3.05) is 25.5 Å². The summed E-state index contributed by atoms with van der Waals surface area (Å²) in [6, 6.07) is 10.3.